The Morgan fingerprint density at radius 3 is 2.21 bits per heavy atom. The molecule has 1 aromatic heterocycles. The highest BCUT2D eigenvalue weighted by Crippen LogP contribution is 2.43. The number of hydrogen-bond acceptors (Lipinski definition) is 6. The molecule has 5 rings (SSSR count). The summed E-state index contributed by atoms with van der Waals surface area (Å²) in [4.78, 5) is 17.5. The average molecular weight is 597 g/mol. The first-order valence-corrected chi connectivity index (χ1v) is 13.6. The Morgan fingerprint density at radius 1 is 1.00 bits per heavy atom. The molecule has 0 saturated heterocycles. The van der Waals surface area contributed by atoms with Gasteiger partial charge in [-0.2, -0.15) is 31.1 Å². The predicted molar refractivity (Wildman–Crippen MR) is 141 cm³/mol. The Balaban J connectivity index is 1.64. The molecule has 1 aliphatic carbocycles. The number of carbonyl (C=O) groups is 1. The van der Waals surface area contributed by atoms with E-state index >= 15 is 0 Å². The Hall–Kier alpha value is -3.84. The lowest BCUT2D eigenvalue weighted by molar-refractivity contribution is -0.143. The second-order valence-electron chi connectivity index (χ2n) is 10.9. The van der Waals surface area contributed by atoms with Crippen molar-refractivity contribution in [2.75, 3.05) is 16.3 Å². The van der Waals surface area contributed by atoms with Crippen molar-refractivity contribution < 1.29 is 35.9 Å². The van der Waals surface area contributed by atoms with Crippen molar-refractivity contribution in [2.24, 2.45) is 7.05 Å². The zero-order valence-corrected chi connectivity index (χ0v) is 23.3. The van der Waals surface area contributed by atoms with Crippen molar-refractivity contribution in [2.45, 2.75) is 77.0 Å². The maximum Gasteiger partial charge on any atom is 0.416 e. The molecule has 1 atom stereocenters. The summed E-state index contributed by atoms with van der Waals surface area (Å²) in [5, 5.41) is 12.2. The number of nitrogens with zero attached hydrogens (tertiary/aromatic N) is 6. The highest BCUT2D eigenvalue weighted by atomic mass is 19.4. The van der Waals surface area contributed by atoms with Crippen LogP contribution in [0.5, 0.6) is 0 Å². The molecule has 226 valence electrons. The first-order chi connectivity index (χ1) is 19.7. The fourth-order valence-electron chi connectivity index (χ4n) is 5.64. The number of benzene rings is 2. The first kappa shape index (κ1) is 29.6. The third kappa shape index (κ3) is 6.16. The van der Waals surface area contributed by atoms with Gasteiger partial charge in [0.25, 0.3) is 5.95 Å². The molecule has 1 aliphatic heterocycles. The lowest BCUT2D eigenvalue weighted by atomic mass is 9.95. The number of rotatable bonds is 5. The van der Waals surface area contributed by atoms with Gasteiger partial charge in [-0.1, -0.05) is 11.2 Å². The van der Waals surface area contributed by atoms with Crippen LogP contribution in [-0.4, -0.2) is 38.9 Å². The molecule has 42 heavy (non-hydrogen) atoms. The first-order valence-electron chi connectivity index (χ1n) is 13.6. The van der Waals surface area contributed by atoms with Crippen molar-refractivity contribution in [3.8, 4) is 0 Å². The molecule has 8 nitrogen and oxygen atoms in total. The maximum absolute atomic E-state index is 13.7. The number of tetrazole rings is 1. The predicted octanol–water partition coefficient (Wildman–Crippen LogP) is 6.63. The standard InChI is InChI=1S/C28H30F6N6O2/c1-16(2)42-26(41)39-9-5-8-23(22-12-18-6-4-7-19(18)13-24(22)39)40(25-35-37-38(3)36-25)15-17-10-20(27(29,30)31)14-21(11-17)28(32,33)34/h10-14,16,23H,4-9,15H2,1-3H3/t23-/m1/s1. The van der Waals surface area contributed by atoms with E-state index < -0.39 is 35.6 Å². The van der Waals surface area contributed by atoms with Gasteiger partial charge in [-0.25, -0.2) is 4.79 Å². The van der Waals surface area contributed by atoms with E-state index in [1.54, 1.807) is 23.6 Å². The minimum atomic E-state index is -4.99. The summed E-state index contributed by atoms with van der Waals surface area (Å²) in [6.07, 6.45) is -7.39. The number of aromatic nitrogens is 4. The molecule has 1 amide bonds. The molecule has 0 saturated carbocycles. The monoisotopic (exact) mass is 596 g/mol. The molecule has 14 heteroatoms. The quantitative estimate of drug-likeness (QED) is 0.308. The van der Waals surface area contributed by atoms with E-state index in [9.17, 15) is 31.1 Å². The highest BCUT2D eigenvalue weighted by Gasteiger charge is 2.38. The summed E-state index contributed by atoms with van der Waals surface area (Å²) in [5.74, 6) is 0.0399. The fraction of sp³-hybridized carbons (Fsp3) is 0.500. The van der Waals surface area contributed by atoms with Crippen LogP contribution in [0.2, 0.25) is 0 Å². The maximum atomic E-state index is 13.7. The molecule has 0 bridgehead atoms. The van der Waals surface area contributed by atoms with E-state index in [0.717, 1.165) is 30.4 Å². The van der Waals surface area contributed by atoms with Gasteiger partial charge < -0.3 is 9.64 Å². The topological polar surface area (TPSA) is 76.4 Å². The number of anilines is 2. The smallest absolute Gasteiger partial charge is 0.416 e. The van der Waals surface area contributed by atoms with Crippen LogP contribution in [0.1, 0.15) is 72.5 Å². The molecule has 0 fully saturated rings. The van der Waals surface area contributed by atoms with Gasteiger partial charge in [0.2, 0.25) is 0 Å². The Morgan fingerprint density at radius 2 is 1.64 bits per heavy atom. The molecule has 2 aliphatic rings. The number of hydrogen-bond donors (Lipinski definition) is 0. The molecule has 2 aromatic carbocycles. The second-order valence-corrected chi connectivity index (χ2v) is 10.9. The molecule has 3 aromatic rings. The van der Waals surface area contributed by atoms with Gasteiger partial charge in [-0.3, -0.25) is 4.90 Å². The van der Waals surface area contributed by atoms with Crippen molar-refractivity contribution in [3.05, 3.63) is 63.7 Å². The van der Waals surface area contributed by atoms with E-state index in [0.29, 0.717) is 42.8 Å². The number of carbonyl (C=O) groups excluding carboxylic acids is 1. The van der Waals surface area contributed by atoms with E-state index in [1.165, 1.54) is 11.8 Å². The Bertz CT molecular complexity index is 1440. The summed E-state index contributed by atoms with van der Waals surface area (Å²) in [7, 11) is 1.51. The summed E-state index contributed by atoms with van der Waals surface area (Å²) >= 11 is 0. The summed E-state index contributed by atoms with van der Waals surface area (Å²) in [5.41, 5.74) is 0.453. The van der Waals surface area contributed by atoms with Crippen LogP contribution in [0.25, 0.3) is 0 Å². The van der Waals surface area contributed by atoms with Crippen LogP contribution in [0, 0.1) is 0 Å². The van der Waals surface area contributed by atoms with Gasteiger partial charge in [0.05, 0.1) is 36.0 Å². The molecule has 2 heterocycles. The van der Waals surface area contributed by atoms with Crippen LogP contribution in [0.15, 0.2) is 30.3 Å². The summed E-state index contributed by atoms with van der Waals surface area (Å²) in [6.45, 7) is 3.44. The van der Waals surface area contributed by atoms with Crippen LogP contribution in [0.3, 0.4) is 0 Å². The van der Waals surface area contributed by atoms with E-state index in [4.69, 9.17) is 4.74 Å². The summed E-state index contributed by atoms with van der Waals surface area (Å²) < 4.78 is 87.6. The molecular weight excluding hydrogens is 566 g/mol. The minimum absolute atomic E-state index is 0.0399. The Labute approximate surface area is 238 Å². The molecular formula is C28H30F6N6O2. The van der Waals surface area contributed by atoms with E-state index in [-0.39, 0.29) is 30.2 Å². The number of aryl methyl sites for hydroxylation is 3. The zero-order valence-electron chi connectivity index (χ0n) is 23.3. The van der Waals surface area contributed by atoms with Gasteiger partial charge in [0.1, 0.15) is 0 Å². The van der Waals surface area contributed by atoms with Gasteiger partial charge in [0, 0.05) is 13.1 Å². The third-order valence-electron chi connectivity index (χ3n) is 7.44. The average Bonchev–Trinajstić information content (AvgIpc) is 3.49. The number of amides is 1. The van der Waals surface area contributed by atoms with Gasteiger partial charge >= 0.3 is 18.4 Å². The van der Waals surface area contributed by atoms with Crippen LogP contribution in [-0.2, 0) is 43.5 Å². The summed E-state index contributed by atoms with van der Waals surface area (Å²) in [6, 6.07) is 4.88. The minimum Gasteiger partial charge on any atom is -0.446 e. The second kappa shape index (κ2) is 11.1. The molecule has 0 N–H and O–H groups in total. The van der Waals surface area contributed by atoms with Crippen LogP contribution in [0.4, 0.5) is 42.8 Å². The zero-order chi connectivity index (χ0) is 30.4. The number of alkyl halides is 6. The highest BCUT2D eigenvalue weighted by molar-refractivity contribution is 5.89. The number of fused-ring (bicyclic) bond motifs is 2. The number of ether oxygens (including phenoxy) is 1. The lowest BCUT2D eigenvalue weighted by Gasteiger charge is -2.32. The normalized spacial score (nSPS) is 17.2. The molecule has 0 unspecified atom stereocenters. The van der Waals surface area contributed by atoms with Crippen molar-refractivity contribution >= 4 is 17.7 Å². The largest absolute Gasteiger partial charge is 0.446 e. The fourth-order valence-corrected chi connectivity index (χ4v) is 5.64. The van der Waals surface area contributed by atoms with Crippen molar-refractivity contribution in [3.63, 3.8) is 0 Å². The Kier molecular flexibility index (Phi) is 7.84. The van der Waals surface area contributed by atoms with E-state index in [2.05, 4.69) is 15.4 Å². The van der Waals surface area contributed by atoms with Crippen LogP contribution >= 0.6 is 0 Å². The lowest BCUT2D eigenvalue weighted by Crippen LogP contribution is -2.34. The molecule has 0 spiro atoms. The number of halogens is 6. The molecule has 0 radical (unpaired) electrons. The third-order valence-corrected chi connectivity index (χ3v) is 7.44. The van der Waals surface area contributed by atoms with Crippen LogP contribution < -0.4 is 9.80 Å². The van der Waals surface area contributed by atoms with Gasteiger partial charge in [-0.05, 0) is 97.7 Å². The van der Waals surface area contributed by atoms with Gasteiger partial charge in [-0.15, -0.1) is 5.10 Å². The van der Waals surface area contributed by atoms with Crippen molar-refractivity contribution in [1.82, 2.24) is 20.2 Å². The van der Waals surface area contributed by atoms with Gasteiger partial charge in [0.15, 0.2) is 0 Å². The SMILES string of the molecule is CC(C)OC(=O)N1CCC[C@@H](N(Cc2cc(C(F)(F)F)cc(C(F)(F)F)c2)c2nnn(C)n2)c2cc3c(cc21)CCC3. The van der Waals surface area contributed by atoms with E-state index in [1.807, 2.05) is 12.1 Å². The van der Waals surface area contributed by atoms with Crippen molar-refractivity contribution in [1.29, 1.82) is 0 Å².